The highest BCUT2D eigenvalue weighted by atomic mass is 16.3. The minimum Gasteiger partial charge on any atom is -0.380 e. The lowest BCUT2D eigenvalue weighted by atomic mass is 9.75. The van der Waals surface area contributed by atoms with Crippen LogP contribution >= 0.6 is 0 Å². The van der Waals surface area contributed by atoms with E-state index in [9.17, 15) is 14.7 Å². The van der Waals surface area contributed by atoms with E-state index in [1.807, 2.05) is 48.5 Å². The Morgan fingerprint density at radius 1 is 1.11 bits per heavy atom. The number of aliphatic hydroxyl groups is 1. The van der Waals surface area contributed by atoms with Gasteiger partial charge in [-0.05, 0) is 60.1 Å². The summed E-state index contributed by atoms with van der Waals surface area (Å²) in [6.07, 6.45) is 1.97. The zero-order valence-corrected chi connectivity index (χ0v) is 14.9. The molecule has 5 heteroatoms. The second kappa shape index (κ2) is 6.67. The summed E-state index contributed by atoms with van der Waals surface area (Å²) in [5.74, 6) is -0.887. The number of hydrogen-bond acceptors (Lipinski definition) is 3. The first-order valence-electron chi connectivity index (χ1n) is 9.21. The van der Waals surface area contributed by atoms with Crippen LogP contribution in [0.1, 0.15) is 37.2 Å². The van der Waals surface area contributed by atoms with Crippen molar-refractivity contribution in [3.05, 3.63) is 70.5 Å². The van der Waals surface area contributed by atoms with Gasteiger partial charge in [0.1, 0.15) is 5.60 Å². The molecule has 1 aromatic heterocycles. The number of benzene rings is 2. The summed E-state index contributed by atoms with van der Waals surface area (Å²) >= 11 is 0. The molecule has 27 heavy (non-hydrogen) atoms. The maximum atomic E-state index is 12.7. The largest absolute Gasteiger partial charge is 0.380 e. The van der Waals surface area contributed by atoms with Gasteiger partial charge in [0.2, 0.25) is 5.91 Å². The molecule has 1 saturated carbocycles. The van der Waals surface area contributed by atoms with Gasteiger partial charge in [0.05, 0.1) is 0 Å². The maximum absolute atomic E-state index is 12.7. The summed E-state index contributed by atoms with van der Waals surface area (Å²) in [6, 6.07) is 17.8. The van der Waals surface area contributed by atoms with Crippen LogP contribution in [0, 0.1) is 0 Å². The SMILES string of the molecule is NC(=O)C1(O)CCCC(c2ccc(-c3ccc4ccccc4c3)[nH]c2=O)C1. The van der Waals surface area contributed by atoms with E-state index in [1.54, 1.807) is 6.07 Å². The average Bonchev–Trinajstić information content (AvgIpc) is 2.67. The van der Waals surface area contributed by atoms with Crippen LogP contribution in [-0.4, -0.2) is 21.6 Å². The molecule has 138 valence electrons. The van der Waals surface area contributed by atoms with Gasteiger partial charge in [-0.3, -0.25) is 9.59 Å². The van der Waals surface area contributed by atoms with E-state index in [1.165, 1.54) is 0 Å². The van der Waals surface area contributed by atoms with E-state index in [2.05, 4.69) is 4.98 Å². The van der Waals surface area contributed by atoms with Crippen molar-refractivity contribution in [3.63, 3.8) is 0 Å². The zero-order chi connectivity index (χ0) is 19.0. The lowest BCUT2D eigenvalue weighted by Crippen LogP contribution is -2.47. The Bertz CT molecular complexity index is 1070. The van der Waals surface area contributed by atoms with Gasteiger partial charge in [0.25, 0.3) is 5.56 Å². The topological polar surface area (TPSA) is 96.2 Å². The lowest BCUT2D eigenvalue weighted by molar-refractivity contribution is -0.140. The Hall–Kier alpha value is -2.92. The molecule has 2 unspecified atom stereocenters. The van der Waals surface area contributed by atoms with Crippen LogP contribution < -0.4 is 11.3 Å². The van der Waals surface area contributed by atoms with E-state index in [0.29, 0.717) is 18.4 Å². The van der Waals surface area contributed by atoms with E-state index < -0.39 is 11.5 Å². The summed E-state index contributed by atoms with van der Waals surface area (Å²) < 4.78 is 0. The molecule has 1 aliphatic rings. The predicted molar refractivity (Wildman–Crippen MR) is 105 cm³/mol. The normalized spacial score (nSPS) is 22.6. The number of H-pyrrole nitrogens is 1. The number of nitrogens with one attached hydrogen (secondary N) is 1. The fourth-order valence-electron chi connectivity index (χ4n) is 4.07. The van der Waals surface area contributed by atoms with Crippen LogP contribution in [0.25, 0.3) is 22.0 Å². The smallest absolute Gasteiger partial charge is 0.251 e. The fourth-order valence-corrected chi connectivity index (χ4v) is 4.07. The number of hydrogen-bond donors (Lipinski definition) is 3. The molecule has 4 rings (SSSR count). The van der Waals surface area contributed by atoms with Crippen LogP contribution in [-0.2, 0) is 4.79 Å². The van der Waals surface area contributed by atoms with Gasteiger partial charge in [-0.2, -0.15) is 0 Å². The Morgan fingerprint density at radius 2 is 1.89 bits per heavy atom. The number of rotatable bonds is 3. The van der Waals surface area contributed by atoms with E-state index in [4.69, 9.17) is 5.73 Å². The maximum Gasteiger partial charge on any atom is 0.251 e. The molecule has 2 atom stereocenters. The monoisotopic (exact) mass is 362 g/mol. The standard InChI is InChI=1S/C22H22N2O3/c23-21(26)22(27)11-3-6-17(13-22)18-9-10-19(24-20(18)25)16-8-7-14-4-1-2-5-15(14)12-16/h1-2,4-5,7-10,12,17,27H,3,6,11,13H2,(H2,23,26)(H,24,25). The second-order valence-electron chi connectivity index (χ2n) is 7.41. The molecular weight excluding hydrogens is 340 g/mol. The number of carbonyl (C=O) groups is 1. The average molecular weight is 362 g/mol. The quantitative estimate of drug-likeness (QED) is 0.668. The first-order valence-corrected chi connectivity index (χ1v) is 9.21. The van der Waals surface area contributed by atoms with Crippen molar-refractivity contribution in [2.24, 2.45) is 5.73 Å². The second-order valence-corrected chi connectivity index (χ2v) is 7.41. The third kappa shape index (κ3) is 3.26. The van der Waals surface area contributed by atoms with Gasteiger partial charge in [-0.25, -0.2) is 0 Å². The Labute approximate surface area is 156 Å². The molecule has 2 aromatic carbocycles. The molecule has 0 bridgehead atoms. The van der Waals surface area contributed by atoms with Crippen molar-refractivity contribution < 1.29 is 9.90 Å². The molecule has 0 aliphatic heterocycles. The predicted octanol–water partition coefficient (Wildman–Crippen LogP) is 3.07. The molecule has 5 nitrogen and oxygen atoms in total. The summed E-state index contributed by atoms with van der Waals surface area (Å²) in [4.78, 5) is 27.2. The minimum absolute atomic E-state index is 0.175. The van der Waals surface area contributed by atoms with E-state index >= 15 is 0 Å². The molecule has 1 heterocycles. The van der Waals surface area contributed by atoms with Crippen LogP contribution in [0.2, 0.25) is 0 Å². The molecular formula is C22H22N2O3. The number of fused-ring (bicyclic) bond motifs is 1. The van der Waals surface area contributed by atoms with Gasteiger partial charge in [0.15, 0.2) is 0 Å². The third-order valence-corrected chi connectivity index (χ3v) is 5.63. The van der Waals surface area contributed by atoms with E-state index in [-0.39, 0.29) is 17.9 Å². The van der Waals surface area contributed by atoms with Crippen molar-refractivity contribution in [3.8, 4) is 11.3 Å². The summed E-state index contributed by atoms with van der Waals surface area (Å²) in [5.41, 5.74) is 5.93. The highest BCUT2D eigenvalue weighted by Crippen LogP contribution is 2.37. The molecule has 4 N–H and O–H groups in total. The number of primary amides is 1. The number of nitrogens with two attached hydrogens (primary N) is 1. The number of pyridine rings is 1. The van der Waals surface area contributed by atoms with Crippen molar-refractivity contribution in [1.29, 1.82) is 0 Å². The molecule has 1 aliphatic carbocycles. The van der Waals surface area contributed by atoms with Gasteiger partial charge < -0.3 is 15.8 Å². The zero-order valence-electron chi connectivity index (χ0n) is 14.9. The lowest BCUT2D eigenvalue weighted by Gasteiger charge is -2.34. The van der Waals surface area contributed by atoms with Gasteiger partial charge in [-0.1, -0.05) is 42.5 Å². The van der Waals surface area contributed by atoms with Crippen LogP contribution in [0.4, 0.5) is 0 Å². The van der Waals surface area contributed by atoms with Crippen molar-refractivity contribution in [2.45, 2.75) is 37.2 Å². The number of aromatic amines is 1. The van der Waals surface area contributed by atoms with Gasteiger partial charge >= 0.3 is 0 Å². The Kier molecular flexibility index (Phi) is 4.32. The molecule has 0 spiro atoms. The first-order chi connectivity index (χ1) is 13.0. The van der Waals surface area contributed by atoms with Gasteiger partial charge in [0, 0.05) is 11.3 Å². The summed E-state index contributed by atoms with van der Waals surface area (Å²) in [7, 11) is 0. The number of amides is 1. The first kappa shape index (κ1) is 17.5. The van der Waals surface area contributed by atoms with Crippen LogP contribution in [0.5, 0.6) is 0 Å². The highest BCUT2D eigenvalue weighted by molar-refractivity contribution is 5.86. The van der Waals surface area contributed by atoms with Crippen molar-refractivity contribution >= 4 is 16.7 Å². The van der Waals surface area contributed by atoms with Crippen LogP contribution in [0.15, 0.2) is 59.4 Å². The Balaban J connectivity index is 1.66. The molecule has 1 fully saturated rings. The molecule has 0 radical (unpaired) electrons. The van der Waals surface area contributed by atoms with Gasteiger partial charge in [-0.15, -0.1) is 0 Å². The molecule has 3 aromatic rings. The molecule has 0 saturated heterocycles. The highest BCUT2D eigenvalue weighted by Gasteiger charge is 2.40. The summed E-state index contributed by atoms with van der Waals surface area (Å²) in [5, 5.41) is 12.7. The summed E-state index contributed by atoms with van der Waals surface area (Å²) in [6.45, 7) is 0. The fraction of sp³-hybridized carbons (Fsp3) is 0.273. The molecule has 1 amide bonds. The van der Waals surface area contributed by atoms with Crippen molar-refractivity contribution in [1.82, 2.24) is 4.98 Å². The number of carbonyl (C=O) groups excluding carboxylic acids is 1. The van der Waals surface area contributed by atoms with E-state index in [0.717, 1.165) is 28.5 Å². The third-order valence-electron chi connectivity index (χ3n) is 5.63. The van der Waals surface area contributed by atoms with Crippen LogP contribution in [0.3, 0.4) is 0 Å². The minimum atomic E-state index is -1.52. The Morgan fingerprint density at radius 3 is 2.63 bits per heavy atom. The number of aromatic nitrogens is 1. The van der Waals surface area contributed by atoms with Crippen molar-refractivity contribution in [2.75, 3.05) is 0 Å².